The lowest BCUT2D eigenvalue weighted by atomic mass is 10.1. The molecule has 4 N–H and O–H groups in total. The zero-order chi connectivity index (χ0) is 29.1. The second kappa shape index (κ2) is 12.3. The number of anilines is 3. The molecule has 2 aromatic carbocycles. The van der Waals surface area contributed by atoms with Crippen molar-refractivity contribution in [3.05, 3.63) is 72.8 Å². The molecule has 0 aliphatic rings. The summed E-state index contributed by atoms with van der Waals surface area (Å²) in [4.78, 5) is 26.8. The minimum Gasteiger partial charge on any atom is -0.456 e. The molecule has 1 amide bonds. The van der Waals surface area contributed by atoms with Crippen molar-refractivity contribution in [2.75, 3.05) is 16.6 Å². The van der Waals surface area contributed by atoms with Gasteiger partial charge in [-0.05, 0) is 80.6 Å². The lowest BCUT2D eigenvalue weighted by molar-refractivity contribution is 0.0940. The Morgan fingerprint density at radius 2 is 1.82 bits per heavy atom. The maximum atomic E-state index is 14.8. The molecular weight excluding hydrogens is 640 g/mol. The molecule has 3 aromatic rings. The molecule has 0 aliphatic heterocycles. The quantitative estimate of drug-likeness (QED) is 0.232. The van der Waals surface area contributed by atoms with Crippen molar-refractivity contribution < 1.29 is 22.3 Å². The van der Waals surface area contributed by atoms with Crippen molar-refractivity contribution in [3.8, 4) is 11.5 Å². The third kappa shape index (κ3) is 7.08. The van der Waals surface area contributed by atoms with Crippen LogP contribution in [0.5, 0.6) is 11.5 Å². The Morgan fingerprint density at radius 3 is 2.44 bits per heavy atom. The van der Waals surface area contributed by atoms with Gasteiger partial charge in [-0.25, -0.2) is 4.39 Å². The highest BCUT2D eigenvalue weighted by molar-refractivity contribution is 14.1. The summed E-state index contributed by atoms with van der Waals surface area (Å²) in [6.07, 6.45) is 0. The van der Waals surface area contributed by atoms with E-state index in [1.165, 1.54) is 30.7 Å². The van der Waals surface area contributed by atoms with Gasteiger partial charge in [0.15, 0.2) is 5.75 Å². The molecule has 0 saturated carbocycles. The van der Waals surface area contributed by atoms with E-state index in [-0.39, 0.29) is 52.4 Å². The van der Waals surface area contributed by atoms with Crippen molar-refractivity contribution in [3.63, 3.8) is 0 Å². The van der Waals surface area contributed by atoms with E-state index in [4.69, 9.17) is 4.74 Å². The standard InChI is InChI=1S/C26H31FIN5O5S/c1-7-29-39(36,37)32-19-9-8-10-21(15(19)4)38-23-16(5)26(35)33(6)24(22(23)25(34)30-14(2)3)31-20-12-11-17(28)13-18(20)27/h8-14,29,31-32H,7H2,1-6H3,(H,30,34). The molecule has 0 spiro atoms. The Bertz CT molecular complexity index is 1570. The number of hydrogen-bond donors (Lipinski definition) is 4. The molecule has 1 aromatic heterocycles. The van der Waals surface area contributed by atoms with Gasteiger partial charge in [0.05, 0.1) is 16.9 Å². The number of amides is 1. The van der Waals surface area contributed by atoms with Gasteiger partial charge in [-0.15, -0.1) is 0 Å². The van der Waals surface area contributed by atoms with Gasteiger partial charge in [-0.1, -0.05) is 13.0 Å². The van der Waals surface area contributed by atoms with Crippen molar-refractivity contribution in [1.29, 1.82) is 0 Å². The number of ether oxygens (including phenoxy) is 1. The van der Waals surface area contributed by atoms with E-state index in [0.29, 0.717) is 9.13 Å². The predicted molar refractivity (Wildman–Crippen MR) is 159 cm³/mol. The van der Waals surface area contributed by atoms with Crippen LogP contribution in [0.15, 0.2) is 41.2 Å². The number of benzene rings is 2. The fraction of sp³-hybridized carbons (Fsp3) is 0.308. The third-order valence-electron chi connectivity index (χ3n) is 5.67. The summed E-state index contributed by atoms with van der Waals surface area (Å²) in [5, 5.41) is 5.71. The van der Waals surface area contributed by atoms with Crippen LogP contribution in [0, 0.1) is 23.2 Å². The fourth-order valence-corrected chi connectivity index (χ4v) is 5.18. The molecule has 0 saturated heterocycles. The number of halogens is 2. The molecule has 10 nitrogen and oxygen atoms in total. The minimum atomic E-state index is -3.82. The molecule has 210 valence electrons. The summed E-state index contributed by atoms with van der Waals surface area (Å²) in [5.41, 5.74) is 0.392. The molecule has 0 unspecified atom stereocenters. The van der Waals surface area contributed by atoms with Gasteiger partial charge in [0, 0.05) is 28.8 Å². The van der Waals surface area contributed by atoms with Gasteiger partial charge in [-0.3, -0.25) is 18.9 Å². The van der Waals surface area contributed by atoms with Gasteiger partial charge >= 0.3 is 0 Å². The van der Waals surface area contributed by atoms with Crippen LogP contribution in [0.3, 0.4) is 0 Å². The molecule has 0 fully saturated rings. The summed E-state index contributed by atoms with van der Waals surface area (Å²) < 4.78 is 52.2. The summed E-state index contributed by atoms with van der Waals surface area (Å²) in [6.45, 7) is 8.58. The summed E-state index contributed by atoms with van der Waals surface area (Å²) >= 11 is 1.98. The van der Waals surface area contributed by atoms with Crippen molar-refractivity contribution >= 4 is 55.9 Å². The van der Waals surface area contributed by atoms with Crippen LogP contribution in [-0.4, -0.2) is 31.5 Å². The van der Waals surface area contributed by atoms with Gasteiger partial charge in [0.2, 0.25) is 0 Å². The second-order valence-electron chi connectivity index (χ2n) is 9.05. The first-order valence-corrected chi connectivity index (χ1v) is 14.6. The van der Waals surface area contributed by atoms with E-state index in [9.17, 15) is 22.4 Å². The molecular formula is C26H31FIN5O5S. The van der Waals surface area contributed by atoms with Gasteiger partial charge in [0.25, 0.3) is 21.7 Å². The molecule has 13 heteroatoms. The SMILES string of the molecule is CCNS(=O)(=O)Nc1cccc(Oc2c(C(=O)NC(C)C)c(Nc3ccc(I)cc3F)n(C)c(=O)c2C)c1C. The van der Waals surface area contributed by atoms with Gasteiger partial charge in [-0.2, -0.15) is 13.1 Å². The maximum Gasteiger partial charge on any atom is 0.299 e. The molecule has 39 heavy (non-hydrogen) atoms. The van der Waals surface area contributed by atoms with Crippen LogP contribution in [0.1, 0.15) is 42.3 Å². The molecule has 3 rings (SSSR count). The highest BCUT2D eigenvalue weighted by Crippen LogP contribution is 2.37. The monoisotopic (exact) mass is 671 g/mol. The number of nitrogens with one attached hydrogen (secondary N) is 4. The van der Waals surface area contributed by atoms with Crippen LogP contribution < -0.4 is 30.4 Å². The summed E-state index contributed by atoms with van der Waals surface area (Å²) in [6, 6.07) is 9.00. The van der Waals surface area contributed by atoms with Gasteiger partial charge in [0.1, 0.15) is 22.9 Å². The van der Waals surface area contributed by atoms with Crippen molar-refractivity contribution in [2.45, 2.75) is 40.7 Å². The van der Waals surface area contributed by atoms with E-state index >= 15 is 0 Å². The molecule has 0 radical (unpaired) electrons. The first kappa shape index (κ1) is 30.4. The lowest BCUT2D eigenvalue weighted by Gasteiger charge is -2.23. The maximum absolute atomic E-state index is 14.8. The Hall–Kier alpha value is -3.17. The smallest absolute Gasteiger partial charge is 0.299 e. The molecule has 0 atom stereocenters. The lowest BCUT2D eigenvalue weighted by Crippen LogP contribution is -2.34. The molecule has 0 aliphatic carbocycles. The highest BCUT2D eigenvalue weighted by atomic mass is 127. The van der Waals surface area contributed by atoms with E-state index < -0.39 is 27.5 Å². The number of hydrogen-bond acceptors (Lipinski definition) is 6. The van der Waals surface area contributed by atoms with Crippen molar-refractivity contribution in [2.24, 2.45) is 7.05 Å². The van der Waals surface area contributed by atoms with Gasteiger partial charge < -0.3 is 15.4 Å². The van der Waals surface area contributed by atoms with E-state index in [1.54, 1.807) is 52.0 Å². The average Bonchev–Trinajstić information content (AvgIpc) is 2.83. The first-order valence-electron chi connectivity index (χ1n) is 12.1. The number of rotatable bonds is 10. The molecule has 1 heterocycles. The fourth-order valence-electron chi connectivity index (χ4n) is 3.77. The zero-order valence-corrected chi connectivity index (χ0v) is 25.4. The van der Waals surface area contributed by atoms with Crippen LogP contribution in [0.2, 0.25) is 0 Å². The third-order valence-corrected chi connectivity index (χ3v) is 7.50. The topological polar surface area (TPSA) is 131 Å². The van der Waals surface area contributed by atoms with Crippen LogP contribution >= 0.6 is 22.6 Å². The normalized spacial score (nSPS) is 11.4. The Morgan fingerprint density at radius 1 is 1.13 bits per heavy atom. The minimum absolute atomic E-state index is 0.0146. The summed E-state index contributed by atoms with van der Waals surface area (Å²) in [5.74, 6) is -0.911. The summed E-state index contributed by atoms with van der Waals surface area (Å²) in [7, 11) is -2.35. The number of carbonyl (C=O) groups excluding carboxylic acids is 1. The number of aromatic nitrogens is 1. The first-order chi connectivity index (χ1) is 18.3. The predicted octanol–water partition coefficient (Wildman–Crippen LogP) is 4.69. The Kier molecular flexibility index (Phi) is 9.61. The van der Waals surface area contributed by atoms with Crippen LogP contribution in [-0.2, 0) is 17.3 Å². The second-order valence-corrected chi connectivity index (χ2v) is 11.8. The average molecular weight is 672 g/mol. The molecule has 0 bridgehead atoms. The zero-order valence-electron chi connectivity index (χ0n) is 22.4. The van der Waals surface area contributed by atoms with Crippen LogP contribution in [0.25, 0.3) is 0 Å². The largest absolute Gasteiger partial charge is 0.456 e. The van der Waals surface area contributed by atoms with E-state index in [1.807, 2.05) is 22.6 Å². The van der Waals surface area contributed by atoms with E-state index in [2.05, 4.69) is 20.1 Å². The highest BCUT2D eigenvalue weighted by Gasteiger charge is 2.27. The van der Waals surface area contributed by atoms with E-state index in [0.717, 1.165) is 0 Å². The Labute approximate surface area is 240 Å². The van der Waals surface area contributed by atoms with Crippen molar-refractivity contribution in [1.82, 2.24) is 14.6 Å². The number of carbonyl (C=O) groups is 1. The number of pyridine rings is 1. The number of nitrogens with zero attached hydrogens (tertiary/aromatic N) is 1. The van der Waals surface area contributed by atoms with Crippen LogP contribution in [0.4, 0.5) is 21.6 Å². The Balaban J connectivity index is 2.22.